The van der Waals surface area contributed by atoms with E-state index in [1.54, 1.807) is 4.68 Å². The molecule has 0 aliphatic heterocycles. The van der Waals surface area contributed by atoms with Crippen LogP contribution in [0.15, 0.2) is 60.8 Å². The highest BCUT2D eigenvalue weighted by Crippen LogP contribution is 2.28. The summed E-state index contributed by atoms with van der Waals surface area (Å²) in [5.74, 6) is 0.141. The molecule has 4 rings (SSSR count). The van der Waals surface area contributed by atoms with Gasteiger partial charge in [-0.2, -0.15) is 0 Å². The number of aryl methyl sites for hydroxylation is 1. The number of hydrogen-bond acceptors (Lipinski definition) is 3. The number of benzene rings is 2. The topological polar surface area (TPSA) is 47.8 Å². The fraction of sp³-hybridized carbons (Fsp3) is 0.211. The van der Waals surface area contributed by atoms with Gasteiger partial charge in [-0.15, -0.1) is 5.10 Å². The van der Waals surface area contributed by atoms with E-state index in [2.05, 4.69) is 10.3 Å². The third-order valence-corrected chi connectivity index (χ3v) is 4.41. The number of hydrogen-bond donors (Lipinski definition) is 0. The molecule has 3 aromatic rings. The van der Waals surface area contributed by atoms with Gasteiger partial charge in [-0.25, -0.2) is 4.68 Å². The fourth-order valence-electron chi connectivity index (χ4n) is 3.20. The van der Waals surface area contributed by atoms with Crippen LogP contribution in [0, 0.1) is 0 Å². The molecule has 0 radical (unpaired) electrons. The zero-order chi connectivity index (χ0) is 15.6. The third-order valence-electron chi connectivity index (χ3n) is 4.41. The van der Waals surface area contributed by atoms with Crippen LogP contribution in [-0.4, -0.2) is 20.8 Å². The maximum atomic E-state index is 12.9. The quantitative estimate of drug-likeness (QED) is 0.678. The Balaban J connectivity index is 1.69. The lowest BCUT2D eigenvalue weighted by Gasteiger charge is -2.13. The van der Waals surface area contributed by atoms with Gasteiger partial charge in [-0.05, 0) is 24.8 Å². The fourth-order valence-corrected chi connectivity index (χ4v) is 3.20. The van der Waals surface area contributed by atoms with Crippen molar-refractivity contribution in [2.75, 3.05) is 0 Å². The first-order valence-electron chi connectivity index (χ1n) is 7.92. The lowest BCUT2D eigenvalue weighted by molar-refractivity contribution is 0.0912. The Morgan fingerprint density at radius 2 is 1.78 bits per heavy atom. The van der Waals surface area contributed by atoms with Crippen molar-refractivity contribution in [1.82, 2.24) is 15.0 Å². The Morgan fingerprint density at radius 1 is 1.00 bits per heavy atom. The predicted octanol–water partition coefficient (Wildman–Crippen LogP) is 3.71. The summed E-state index contributed by atoms with van der Waals surface area (Å²) < 4.78 is 1.73. The summed E-state index contributed by atoms with van der Waals surface area (Å²) in [6.45, 7) is 0. The van der Waals surface area contributed by atoms with Crippen molar-refractivity contribution < 1.29 is 4.79 Å². The number of ketones is 1. The second-order valence-electron chi connectivity index (χ2n) is 5.88. The van der Waals surface area contributed by atoms with Crippen molar-refractivity contribution in [2.24, 2.45) is 0 Å². The van der Waals surface area contributed by atoms with Crippen LogP contribution in [0.4, 0.5) is 0 Å². The summed E-state index contributed by atoms with van der Waals surface area (Å²) >= 11 is 0. The number of aromatic nitrogens is 3. The Hall–Kier alpha value is -2.75. The number of carbonyl (C=O) groups is 1. The highest BCUT2D eigenvalue weighted by Gasteiger charge is 2.27. The zero-order valence-corrected chi connectivity index (χ0v) is 12.7. The lowest BCUT2D eigenvalue weighted by atomic mass is 10.0. The van der Waals surface area contributed by atoms with E-state index in [0.29, 0.717) is 0 Å². The highest BCUT2D eigenvalue weighted by molar-refractivity contribution is 6.00. The van der Waals surface area contributed by atoms with Gasteiger partial charge in [0.05, 0.1) is 6.20 Å². The molecule has 1 heterocycles. The van der Waals surface area contributed by atoms with Crippen LogP contribution in [0.25, 0.3) is 11.3 Å². The standard InChI is InChI=1S/C19H17N3O/c23-19-16-11-5-4-7-14(16)10-6-12-18(19)22-13-17(20-21-22)15-8-2-1-3-9-15/h1-5,7-9,11,13,18H,6,10,12H2. The summed E-state index contributed by atoms with van der Waals surface area (Å²) in [4.78, 5) is 12.9. The van der Waals surface area contributed by atoms with Crippen molar-refractivity contribution in [1.29, 1.82) is 0 Å². The van der Waals surface area contributed by atoms with Gasteiger partial charge < -0.3 is 0 Å². The van der Waals surface area contributed by atoms with Gasteiger partial charge in [0, 0.05) is 11.1 Å². The van der Waals surface area contributed by atoms with Crippen molar-refractivity contribution in [3.63, 3.8) is 0 Å². The molecule has 1 aliphatic rings. The average Bonchev–Trinajstić information content (AvgIpc) is 3.03. The highest BCUT2D eigenvalue weighted by atomic mass is 16.1. The molecule has 4 heteroatoms. The SMILES string of the molecule is O=C1c2ccccc2CCCC1n1cc(-c2ccccc2)nn1. The Morgan fingerprint density at radius 3 is 2.65 bits per heavy atom. The van der Waals surface area contributed by atoms with E-state index >= 15 is 0 Å². The Bertz CT molecular complexity index is 839. The molecule has 0 amide bonds. The van der Waals surface area contributed by atoms with E-state index in [0.717, 1.165) is 41.6 Å². The smallest absolute Gasteiger partial charge is 0.187 e. The summed E-state index contributed by atoms with van der Waals surface area (Å²) in [5, 5.41) is 8.47. The first-order valence-corrected chi connectivity index (χ1v) is 7.92. The molecule has 114 valence electrons. The van der Waals surface area contributed by atoms with Gasteiger partial charge in [0.2, 0.25) is 0 Å². The monoisotopic (exact) mass is 303 g/mol. The number of fused-ring (bicyclic) bond motifs is 1. The zero-order valence-electron chi connectivity index (χ0n) is 12.7. The maximum Gasteiger partial charge on any atom is 0.187 e. The molecule has 2 aromatic carbocycles. The van der Waals surface area contributed by atoms with Crippen molar-refractivity contribution >= 4 is 5.78 Å². The van der Waals surface area contributed by atoms with Crippen molar-refractivity contribution in [2.45, 2.75) is 25.3 Å². The lowest BCUT2D eigenvalue weighted by Crippen LogP contribution is -2.19. The van der Waals surface area contributed by atoms with E-state index < -0.39 is 0 Å². The summed E-state index contributed by atoms with van der Waals surface area (Å²) in [7, 11) is 0. The van der Waals surface area contributed by atoms with Gasteiger partial charge in [0.25, 0.3) is 0 Å². The van der Waals surface area contributed by atoms with Crippen LogP contribution in [0.2, 0.25) is 0 Å². The Labute approximate surface area is 134 Å². The van der Waals surface area contributed by atoms with E-state index in [1.807, 2.05) is 60.8 Å². The van der Waals surface area contributed by atoms with E-state index in [4.69, 9.17) is 0 Å². The molecule has 0 saturated heterocycles. The second kappa shape index (κ2) is 5.80. The van der Waals surface area contributed by atoms with Crippen molar-refractivity contribution in [3.05, 3.63) is 71.9 Å². The molecule has 4 nitrogen and oxygen atoms in total. The second-order valence-corrected chi connectivity index (χ2v) is 5.88. The first-order chi connectivity index (χ1) is 11.3. The number of nitrogens with zero attached hydrogens (tertiary/aromatic N) is 3. The molecule has 1 aromatic heterocycles. The van der Waals surface area contributed by atoms with E-state index in [1.165, 1.54) is 0 Å². The van der Waals surface area contributed by atoms with Gasteiger partial charge in [-0.3, -0.25) is 4.79 Å². The largest absolute Gasteiger partial charge is 0.292 e. The van der Waals surface area contributed by atoms with Crippen LogP contribution in [0.5, 0.6) is 0 Å². The third kappa shape index (κ3) is 2.57. The first kappa shape index (κ1) is 13.9. The van der Waals surface area contributed by atoms with E-state index in [-0.39, 0.29) is 11.8 Å². The average molecular weight is 303 g/mol. The molecular weight excluding hydrogens is 286 g/mol. The molecule has 0 N–H and O–H groups in total. The normalized spacial score (nSPS) is 17.6. The molecule has 0 saturated carbocycles. The minimum Gasteiger partial charge on any atom is -0.292 e. The van der Waals surface area contributed by atoms with Gasteiger partial charge >= 0.3 is 0 Å². The molecule has 0 spiro atoms. The van der Waals surface area contributed by atoms with Gasteiger partial charge in [-0.1, -0.05) is 59.8 Å². The summed E-state index contributed by atoms with van der Waals surface area (Å²) in [6, 6.07) is 17.5. The van der Waals surface area contributed by atoms with E-state index in [9.17, 15) is 4.79 Å². The van der Waals surface area contributed by atoms with Crippen LogP contribution in [-0.2, 0) is 6.42 Å². The Kier molecular flexibility index (Phi) is 3.50. The summed E-state index contributed by atoms with van der Waals surface area (Å²) in [5.41, 5.74) is 3.78. The number of carbonyl (C=O) groups excluding carboxylic acids is 1. The molecule has 0 fully saturated rings. The molecule has 1 aliphatic carbocycles. The van der Waals surface area contributed by atoms with Gasteiger partial charge in [0.15, 0.2) is 5.78 Å². The van der Waals surface area contributed by atoms with Crippen LogP contribution < -0.4 is 0 Å². The maximum absolute atomic E-state index is 12.9. The predicted molar refractivity (Wildman–Crippen MR) is 88.2 cm³/mol. The van der Waals surface area contributed by atoms with Gasteiger partial charge in [0.1, 0.15) is 11.7 Å². The van der Waals surface area contributed by atoms with Crippen LogP contribution in [0.3, 0.4) is 0 Å². The number of Topliss-reactive ketones (excluding diaryl/α,β-unsaturated/α-hetero) is 1. The van der Waals surface area contributed by atoms with Crippen LogP contribution >= 0.6 is 0 Å². The minimum atomic E-state index is -0.261. The summed E-state index contributed by atoms with van der Waals surface area (Å²) in [6.07, 6.45) is 4.60. The molecule has 1 atom stereocenters. The van der Waals surface area contributed by atoms with Crippen molar-refractivity contribution in [3.8, 4) is 11.3 Å². The molecule has 23 heavy (non-hydrogen) atoms. The minimum absolute atomic E-state index is 0.141. The number of rotatable bonds is 2. The molecule has 1 unspecified atom stereocenters. The molecular formula is C19H17N3O. The van der Waals surface area contributed by atoms with Crippen LogP contribution in [0.1, 0.15) is 34.8 Å². The molecule has 0 bridgehead atoms.